The summed E-state index contributed by atoms with van der Waals surface area (Å²) in [5.41, 5.74) is 7.87. The molecule has 0 aliphatic heterocycles. The van der Waals surface area contributed by atoms with Gasteiger partial charge in [0.05, 0.1) is 0 Å². The van der Waals surface area contributed by atoms with Crippen LogP contribution in [0.25, 0.3) is 0 Å². The minimum Gasteiger partial charge on any atom is -0.507 e. The zero-order valence-corrected chi connectivity index (χ0v) is 8.59. The van der Waals surface area contributed by atoms with E-state index in [9.17, 15) is 5.11 Å². The van der Waals surface area contributed by atoms with Gasteiger partial charge in [0.15, 0.2) is 0 Å². The van der Waals surface area contributed by atoms with Crippen LogP contribution < -0.4 is 5.73 Å². The zero-order chi connectivity index (χ0) is 10.2. The van der Waals surface area contributed by atoms with E-state index in [4.69, 9.17) is 5.73 Å². The molecule has 0 radical (unpaired) electrons. The van der Waals surface area contributed by atoms with Gasteiger partial charge in [-0.15, -0.1) is 0 Å². The number of nitrogens with two attached hydrogens (primary N) is 1. The fourth-order valence-corrected chi connectivity index (χ4v) is 2.11. The standard InChI is InChI=1S/C12H17NO/c1-2-9-5-3-6-10(11(9)14)12(13)7-4-8-12/h3,5-6,14H,2,4,7-8,13H2,1H3. The van der Waals surface area contributed by atoms with Crippen molar-refractivity contribution in [3.05, 3.63) is 29.3 Å². The van der Waals surface area contributed by atoms with E-state index in [0.29, 0.717) is 5.75 Å². The van der Waals surface area contributed by atoms with Crippen LogP contribution in [-0.2, 0) is 12.0 Å². The van der Waals surface area contributed by atoms with Crippen molar-refractivity contribution in [1.82, 2.24) is 0 Å². The Morgan fingerprint density at radius 3 is 2.64 bits per heavy atom. The molecule has 0 spiro atoms. The monoisotopic (exact) mass is 191 g/mol. The van der Waals surface area contributed by atoms with Crippen LogP contribution in [0.5, 0.6) is 5.75 Å². The molecule has 0 aromatic heterocycles. The third-order valence-corrected chi connectivity index (χ3v) is 3.28. The maximum Gasteiger partial charge on any atom is 0.123 e. The van der Waals surface area contributed by atoms with Crippen LogP contribution in [0, 0.1) is 0 Å². The highest BCUT2D eigenvalue weighted by molar-refractivity contribution is 5.45. The molecule has 0 atom stereocenters. The molecule has 14 heavy (non-hydrogen) atoms. The van der Waals surface area contributed by atoms with Crippen LogP contribution in [0.1, 0.15) is 37.3 Å². The van der Waals surface area contributed by atoms with E-state index in [1.807, 2.05) is 25.1 Å². The summed E-state index contributed by atoms with van der Waals surface area (Å²) in [4.78, 5) is 0. The molecule has 0 bridgehead atoms. The Hall–Kier alpha value is -1.02. The maximum atomic E-state index is 10.0. The minimum atomic E-state index is -0.255. The van der Waals surface area contributed by atoms with Crippen LogP contribution in [0.15, 0.2) is 18.2 Å². The second kappa shape index (κ2) is 3.28. The predicted molar refractivity (Wildman–Crippen MR) is 57.2 cm³/mol. The Bertz CT molecular complexity index is 342. The summed E-state index contributed by atoms with van der Waals surface area (Å²) in [6.45, 7) is 2.04. The van der Waals surface area contributed by atoms with E-state index in [1.165, 1.54) is 6.42 Å². The van der Waals surface area contributed by atoms with Gasteiger partial charge in [0.2, 0.25) is 0 Å². The average molecular weight is 191 g/mol. The Morgan fingerprint density at radius 2 is 2.14 bits per heavy atom. The summed E-state index contributed by atoms with van der Waals surface area (Å²) >= 11 is 0. The molecule has 0 unspecified atom stereocenters. The smallest absolute Gasteiger partial charge is 0.123 e. The Balaban J connectivity index is 2.43. The highest BCUT2D eigenvalue weighted by Gasteiger charge is 2.36. The quantitative estimate of drug-likeness (QED) is 0.753. The fourth-order valence-electron chi connectivity index (χ4n) is 2.11. The number of benzene rings is 1. The predicted octanol–water partition coefficient (Wildman–Crippen LogP) is 2.29. The lowest BCUT2D eigenvalue weighted by Gasteiger charge is -2.39. The molecule has 1 saturated carbocycles. The van der Waals surface area contributed by atoms with Gasteiger partial charge in [-0.1, -0.05) is 25.1 Å². The van der Waals surface area contributed by atoms with Gasteiger partial charge in [-0.3, -0.25) is 0 Å². The summed E-state index contributed by atoms with van der Waals surface area (Å²) in [6.07, 6.45) is 4.02. The molecule has 0 heterocycles. The maximum absolute atomic E-state index is 10.0. The number of hydrogen-bond acceptors (Lipinski definition) is 2. The van der Waals surface area contributed by atoms with Gasteiger partial charge in [-0.2, -0.15) is 0 Å². The van der Waals surface area contributed by atoms with Crippen LogP contribution in [0.3, 0.4) is 0 Å². The van der Waals surface area contributed by atoms with Gasteiger partial charge in [0.25, 0.3) is 0 Å². The number of phenolic OH excluding ortho intramolecular Hbond substituents is 1. The molecule has 1 aliphatic rings. The number of para-hydroxylation sites is 1. The summed E-state index contributed by atoms with van der Waals surface area (Å²) in [5, 5.41) is 10.0. The second-order valence-corrected chi connectivity index (χ2v) is 4.18. The summed E-state index contributed by atoms with van der Waals surface area (Å²) in [5.74, 6) is 0.414. The lowest BCUT2D eigenvalue weighted by Crippen LogP contribution is -2.43. The van der Waals surface area contributed by atoms with E-state index < -0.39 is 0 Å². The molecule has 1 aromatic carbocycles. The third kappa shape index (κ3) is 1.30. The van der Waals surface area contributed by atoms with Crippen molar-refractivity contribution >= 4 is 0 Å². The number of aromatic hydroxyl groups is 1. The van der Waals surface area contributed by atoms with E-state index >= 15 is 0 Å². The highest BCUT2D eigenvalue weighted by atomic mass is 16.3. The van der Waals surface area contributed by atoms with Gasteiger partial charge in [0.1, 0.15) is 5.75 Å². The Morgan fingerprint density at radius 1 is 1.43 bits per heavy atom. The lowest BCUT2D eigenvalue weighted by molar-refractivity contribution is 0.245. The van der Waals surface area contributed by atoms with E-state index in [-0.39, 0.29) is 5.54 Å². The Labute approximate surface area is 84.7 Å². The largest absolute Gasteiger partial charge is 0.507 e. The lowest BCUT2D eigenvalue weighted by atomic mass is 9.72. The van der Waals surface area contributed by atoms with Crippen LogP contribution in [0.2, 0.25) is 0 Å². The van der Waals surface area contributed by atoms with Crippen molar-refractivity contribution in [2.45, 2.75) is 38.1 Å². The summed E-state index contributed by atoms with van der Waals surface area (Å²) < 4.78 is 0. The SMILES string of the molecule is CCc1cccc(C2(N)CCC2)c1O. The van der Waals surface area contributed by atoms with E-state index in [1.54, 1.807) is 0 Å². The third-order valence-electron chi connectivity index (χ3n) is 3.28. The van der Waals surface area contributed by atoms with Gasteiger partial charge in [-0.25, -0.2) is 0 Å². The van der Waals surface area contributed by atoms with E-state index in [0.717, 1.165) is 30.4 Å². The van der Waals surface area contributed by atoms with Gasteiger partial charge in [-0.05, 0) is 31.2 Å². The molecule has 3 N–H and O–H groups in total. The van der Waals surface area contributed by atoms with Crippen molar-refractivity contribution in [3.8, 4) is 5.75 Å². The average Bonchev–Trinajstić information content (AvgIpc) is 2.15. The first-order valence-corrected chi connectivity index (χ1v) is 5.27. The molecule has 1 aromatic rings. The summed E-state index contributed by atoms with van der Waals surface area (Å²) in [6, 6.07) is 5.90. The first-order chi connectivity index (χ1) is 6.67. The molecular weight excluding hydrogens is 174 g/mol. The number of phenols is 1. The minimum absolute atomic E-state index is 0.255. The molecule has 2 heteroatoms. The second-order valence-electron chi connectivity index (χ2n) is 4.18. The van der Waals surface area contributed by atoms with Gasteiger partial charge < -0.3 is 10.8 Å². The van der Waals surface area contributed by atoms with Crippen molar-refractivity contribution in [2.24, 2.45) is 5.73 Å². The molecule has 0 saturated heterocycles. The Kier molecular flexibility index (Phi) is 2.23. The number of rotatable bonds is 2. The van der Waals surface area contributed by atoms with Crippen molar-refractivity contribution in [1.29, 1.82) is 0 Å². The molecule has 1 aliphatic carbocycles. The van der Waals surface area contributed by atoms with Crippen molar-refractivity contribution in [3.63, 3.8) is 0 Å². The number of aryl methyl sites for hydroxylation is 1. The van der Waals surface area contributed by atoms with Crippen LogP contribution >= 0.6 is 0 Å². The molecule has 1 fully saturated rings. The molecule has 76 valence electrons. The van der Waals surface area contributed by atoms with Crippen molar-refractivity contribution < 1.29 is 5.11 Å². The molecule has 2 rings (SSSR count). The normalized spacial score (nSPS) is 19.0. The van der Waals surface area contributed by atoms with Crippen molar-refractivity contribution in [2.75, 3.05) is 0 Å². The highest BCUT2D eigenvalue weighted by Crippen LogP contribution is 2.43. The van der Waals surface area contributed by atoms with E-state index in [2.05, 4.69) is 0 Å². The number of hydrogen-bond donors (Lipinski definition) is 2. The summed E-state index contributed by atoms with van der Waals surface area (Å²) in [7, 11) is 0. The van der Waals surface area contributed by atoms with Crippen LogP contribution in [-0.4, -0.2) is 5.11 Å². The fraction of sp³-hybridized carbons (Fsp3) is 0.500. The van der Waals surface area contributed by atoms with Gasteiger partial charge in [0, 0.05) is 11.1 Å². The molecule has 0 amide bonds. The first-order valence-electron chi connectivity index (χ1n) is 5.27. The first kappa shape index (κ1) is 9.53. The zero-order valence-electron chi connectivity index (χ0n) is 8.59. The molecular formula is C12H17NO. The molecule has 2 nitrogen and oxygen atoms in total. The topological polar surface area (TPSA) is 46.2 Å². The van der Waals surface area contributed by atoms with Crippen LogP contribution in [0.4, 0.5) is 0 Å². The van der Waals surface area contributed by atoms with Gasteiger partial charge >= 0.3 is 0 Å².